The highest BCUT2D eigenvalue weighted by Crippen LogP contribution is 2.52. The number of ether oxygens (including phenoxy) is 1. The predicted molar refractivity (Wildman–Crippen MR) is 119 cm³/mol. The Bertz CT molecular complexity index is 1110. The number of nitrogens with one attached hydrogen (secondary N) is 1. The van der Waals surface area contributed by atoms with Crippen LogP contribution in [-0.4, -0.2) is 35.6 Å². The number of anilines is 1. The number of carbonyl (C=O) groups is 3. The molecular weight excluding hydrogens is 406 g/mol. The molecule has 1 saturated heterocycles. The number of para-hydroxylation sites is 1. The quantitative estimate of drug-likeness (QED) is 0.434. The van der Waals surface area contributed by atoms with Gasteiger partial charge in [-0.2, -0.15) is 10.1 Å². The van der Waals surface area contributed by atoms with Gasteiger partial charge >= 0.3 is 0 Å². The number of nitrogens with zero attached hydrogens (tertiary/aromatic N) is 2. The fourth-order valence-electron chi connectivity index (χ4n) is 4.82. The van der Waals surface area contributed by atoms with Crippen molar-refractivity contribution in [1.29, 1.82) is 0 Å². The van der Waals surface area contributed by atoms with Gasteiger partial charge in [-0.05, 0) is 66.6 Å². The van der Waals surface area contributed by atoms with Crippen LogP contribution in [0.25, 0.3) is 0 Å². The first kappa shape index (κ1) is 20.2. The molecule has 2 aromatic rings. The number of aryl methyl sites for hydroxylation is 1. The molecule has 1 heterocycles. The van der Waals surface area contributed by atoms with Gasteiger partial charge in [0.15, 0.2) is 6.61 Å². The molecule has 4 atom stereocenters. The van der Waals surface area contributed by atoms with E-state index in [1.54, 1.807) is 24.3 Å². The minimum Gasteiger partial charge on any atom is -0.484 e. The Morgan fingerprint density at radius 1 is 1.06 bits per heavy atom. The summed E-state index contributed by atoms with van der Waals surface area (Å²) >= 11 is 0. The van der Waals surface area contributed by atoms with Gasteiger partial charge in [0.2, 0.25) is 0 Å². The number of rotatable bonds is 6. The zero-order valence-electron chi connectivity index (χ0n) is 17.6. The Labute approximate surface area is 185 Å². The molecule has 2 fully saturated rings. The van der Waals surface area contributed by atoms with Gasteiger partial charge in [0.05, 0.1) is 18.1 Å². The Kier molecular flexibility index (Phi) is 5.09. The average molecular weight is 429 g/mol. The van der Waals surface area contributed by atoms with Gasteiger partial charge in [-0.25, -0.2) is 0 Å². The molecule has 0 spiro atoms. The minimum absolute atomic E-state index is 0.113. The summed E-state index contributed by atoms with van der Waals surface area (Å²) in [5.74, 6) is -0.285. The minimum atomic E-state index is -0.253. The normalized spacial score (nSPS) is 25.6. The van der Waals surface area contributed by atoms with E-state index >= 15 is 0 Å². The third-order valence-electron chi connectivity index (χ3n) is 6.44. The van der Waals surface area contributed by atoms with Crippen LogP contribution in [0.15, 0.2) is 65.8 Å². The van der Waals surface area contributed by atoms with Crippen LogP contribution >= 0.6 is 0 Å². The van der Waals surface area contributed by atoms with E-state index in [-0.39, 0.29) is 48.0 Å². The van der Waals surface area contributed by atoms with Crippen molar-refractivity contribution >= 4 is 29.6 Å². The zero-order valence-corrected chi connectivity index (χ0v) is 17.6. The first-order valence-electron chi connectivity index (χ1n) is 10.7. The molecule has 0 radical (unpaired) electrons. The van der Waals surface area contributed by atoms with Gasteiger partial charge in [-0.3, -0.25) is 14.4 Å². The standard InChI is InChI=1S/C25H23N3O4/c1-15-4-2-3-5-20(15)27-21(29)14-32-19-10-6-16(7-11-19)13-26-28-24(30)22-17-8-9-18(12-17)23(22)25(28)31/h2-11,13,17-18,22-23H,12,14H2,1H3,(H,27,29)/t17-,18-,22-,23+/m0/s1. The highest BCUT2D eigenvalue weighted by atomic mass is 16.5. The number of carbonyl (C=O) groups excluding carboxylic acids is 3. The van der Waals surface area contributed by atoms with Gasteiger partial charge < -0.3 is 10.1 Å². The lowest BCUT2D eigenvalue weighted by Crippen LogP contribution is -2.28. The molecule has 2 aromatic carbocycles. The molecule has 2 bridgehead atoms. The van der Waals surface area contributed by atoms with Crippen molar-refractivity contribution < 1.29 is 19.1 Å². The molecule has 32 heavy (non-hydrogen) atoms. The smallest absolute Gasteiger partial charge is 0.262 e. The molecule has 7 heteroatoms. The summed E-state index contributed by atoms with van der Waals surface area (Å²) in [6.07, 6.45) is 6.52. The summed E-state index contributed by atoms with van der Waals surface area (Å²) in [6, 6.07) is 14.5. The summed E-state index contributed by atoms with van der Waals surface area (Å²) in [4.78, 5) is 37.4. The maximum Gasteiger partial charge on any atom is 0.262 e. The molecule has 3 aliphatic rings. The third-order valence-corrected chi connectivity index (χ3v) is 6.44. The summed E-state index contributed by atoms with van der Waals surface area (Å²) in [7, 11) is 0. The molecule has 0 unspecified atom stereocenters. The van der Waals surface area contributed by atoms with Crippen molar-refractivity contribution in [3.8, 4) is 5.75 Å². The molecule has 162 valence electrons. The molecule has 1 N–H and O–H groups in total. The van der Waals surface area contributed by atoms with Crippen LogP contribution in [0.2, 0.25) is 0 Å². The van der Waals surface area contributed by atoms with Crippen molar-refractivity contribution in [2.45, 2.75) is 13.3 Å². The summed E-state index contributed by atoms with van der Waals surface area (Å²) in [6.45, 7) is 1.81. The fourth-order valence-corrected chi connectivity index (χ4v) is 4.82. The number of hydrogen-bond donors (Lipinski definition) is 1. The first-order valence-corrected chi connectivity index (χ1v) is 10.7. The number of imide groups is 1. The molecular formula is C25H23N3O4. The van der Waals surface area contributed by atoms with Gasteiger partial charge in [0.1, 0.15) is 5.75 Å². The number of allylic oxidation sites excluding steroid dienone is 2. The van der Waals surface area contributed by atoms with E-state index in [2.05, 4.69) is 22.6 Å². The number of hydrogen-bond acceptors (Lipinski definition) is 5. The van der Waals surface area contributed by atoms with E-state index in [1.165, 1.54) is 6.21 Å². The fraction of sp³-hybridized carbons (Fsp3) is 0.280. The van der Waals surface area contributed by atoms with Gasteiger partial charge in [-0.1, -0.05) is 30.4 Å². The SMILES string of the molecule is Cc1ccccc1NC(=O)COc1ccc(C=NN2C(=O)[C@@H]3[C@H](C2=O)[C@H]2C=C[C@H]3C2)cc1. The lowest BCUT2D eigenvalue weighted by Gasteiger charge is -2.13. The lowest BCUT2D eigenvalue weighted by molar-refractivity contribution is -0.140. The molecule has 0 aromatic heterocycles. The highest BCUT2D eigenvalue weighted by molar-refractivity contribution is 6.06. The summed E-state index contributed by atoms with van der Waals surface area (Å²) in [5, 5.41) is 8.02. The predicted octanol–water partition coefficient (Wildman–Crippen LogP) is 3.15. The molecule has 3 amide bonds. The Balaban J connectivity index is 1.16. The van der Waals surface area contributed by atoms with Crippen LogP contribution < -0.4 is 10.1 Å². The second-order valence-electron chi connectivity index (χ2n) is 8.45. The number of fused-ring (bicyclic) bond motifs is 5. The largest absolute Gasteiger partial charge is 0.484 e. The Morgan fingerprint density at radius 2 is 1.72 bits per heavy atom. The topological polar surface area (TPSA) is 88.1 Å². The average Bonchev–Trinajstić information content (AvgIpc) is 3.48. The maximum absolute atomic E-state index is 12.7. The monoisotopic (exact) mass is 429 g/mol. The first-order chi connectivity index (χ1) is 15.5. The van der Waals surface area contributed by atoms with Crippen LogP contribution in [0, 0.1) is 30.6 Å². The van der Waals surface area contributed by atoms with E-state index in [0.717, 1.165) is 28.2 Å². The van der Waals surface area contributed by atoms with Crippen molar-refractivity contribution in [2.24, 2.45) is 28.8 Å². The van der Waals surface area contributed by atoms with E-state index in [9.17, 15) is 14.4 Å². The molecule has 7 nitrogen and oxygen atoms in total. The van der Waals surface area contributed by atoms with Crippen molar-refractivity contribution in [3.63, 3.8) is 0 Å². The number of hydrazone groups is 1. The van der Waals surface area contributed by atoms with Gasteiger partial charge in [0.25, 0.3) is 17.7 Å². The highest BCUT2D eigenvalue weighted by Gasteiger charge is 2.59. The zero-order chi connectivity index (χ0) is 22.2. The number of amides is 3. The molecule has 5 rings (SSSR count). The maximum atomic E-state index is 12.7. The van der Waals surface area contributed by atoms with Crippen molar-refractivity contribution in [2.75, 3.05) is 11.9 Å². The van der Waals surface area contributed by atoms with Gasteiger partial charge in [-0.15, -0.1) is 0 Å². The van der Waals surface area contributed by atoms with Crippen LogP contribution in [0.1, 0.15) is 17.5 Å². The van der Waals surface area contributed by atoms with E-state index in [0.29, 0.717) is 5.75 Å². The van der Waals surface area contributed by atoms with E-state index in [1.807, 2.05) is 31.2 Å². The van der Waals surface area contributed by atoms with E-state index < -0.39 is 0 Å². The molecule has 1 saturated carbocycles. The Hall–Kier alpha value is -3.74. The lowest BCUT2D eigenvalue weighted by atomic mass is 9.85. The van der Waals surface area contributed by atoms with Crippen LogP contribution in [0.3, 0.4) is 0 Å². The van der Waals surface area contributed by atoms with Crippen LogP contribution in [0.5, 0.6) is 5.75 Å². The van der Waals surface area contributed by atoms with Crippen molar-refractivity contribution in [3.05, 3.63) is 71.8 Å². The van der Waals surface area contributed by atoms with E-state index in [4.69, 9.17) is 4.74 Å². The molecule has 2 aliphatic carbocycles. The summed E-state index contributed by atoms with van der Waals surface area (Å²) < 4.78 is 5.55. The Morgan fingerprint density at radius 3 is 2.38 bits per heavy atom. The third kappa shape index (κ3) is 3.60. The number of benzene rings is 2. The second-order valence-corrected chi connectivity index (χ2v) is 8.45. The van der Waals surface area contributed by atoms with Crippen LogP contribution in [0.4, 0.5) is 5.69 Å². The summed E-state index contributed by atoms with van der Waals surface area (Å²) in [5.41, 5.74) is 2.46. The van der Waals surface area contributed by atoms with Crippen molar-refractivity contribution in [1.82, 2.24) is 5.01 Å². The second kappa shape index (κ2) is 8.07. The van der Waals surface area contributed by atoms with Gasteiger partial charge in [0, 0.05) is 5.69 Å². The molecule has 1 aliphatic heterocycles. The van der Waals surface area contributed by atoms with Crippen LogP contribution in [-0.2, 0) is 14.4 Å².